The fraction of sp³-hybridized carbons (Fsp3) is 0.611. The number of anilines is 1. The van der Waals surface area contributed by atoms with Crippen molar-refractivity contribution in [2.24, 2.45) is 0 Å². The van der Waals surface area contributed by atoms with Gasteiger partial charge < -0.3 is 10.6 Å². The van der Waals surface area contributed by atoms with Gasteiger partial charge in [-0.25, -0.2) is 0 Å². The molecule has 1 saturated heterocycles. The van der Waals surface area contributed by atoms with Gasteiger partial charge in [-0.05, 0) is 71.3 Å². The first kappa shape index (κ1) is 19.9. The van der Waals surface area contributed by atoms with Gasteiger partial charge in [-0.1, -0.05) is 17.7 Å². The van der Waals surface area contributed by atoms with Crippen molar-refractivity contribution in [1.82, 2.24) is 10.2 Å². The number of carbonyl (C=O) groups excluding carboxylic acids is 1. The molecule has 0 aliphatic carbocycles. The Hall–Kier alpha value is -1.10. The molecular weight excluding hydrogens is 310 g/mol. The summed E-state index contributed by atoms with van der Waals surface area (Å²) in [5, 5.41) is 6.51. The van der Waals surface area contributed by atoms with Crippen LogP contribution >= 0.6 is 12.4 Å². The molecule has 0 spiro atoms. The number of carbonyl (C=O) groups is 1. The van der Waals surface area contributed by atoms with Crippen LogP contribution in [-0.4, -0.2) is 43.5 Å². The Morgan fingerprint density at radius 3 is 2.52 bits per heavy atom. The standard InChI is InChI=1S/C18H29N3O.ClH/c1-13-10-14(2)18(15(3)11-13)20-17(22)12-21(4)16-6-5-8-19-9-7-16;/h10-11,16,19H,5-9,12H2,1-4H3,(H,20,22);1H. The number of amides is 1. The predicted octanol–water partition coefficient (Wildman–Crippen LogP) is 3.05. The first-order valence-corrected chi connectivity index (χ1v) is 8.26. The minimum atomic E-state index is 0. The topological polar surface area (TPSA) is 44.4 Å². The molecule has 2 rings (SSSR count). The van der Waals surface area contributed by atoms with E-state index in [9.17, 15) is 4.79 Å². The molecule has 0 aromatic heterocycles. The highest BCUT2D eigenvalue weighted by Gasteiger charge is 2.19. The smallest absolute Gasteiger partial charge is 0.238 e. The number of nitrogens with zero attached hydrogens (tertiary/aromatic N) is 1. The van der Waals surface area contributed by atoms with Gasteiger partial charge in [-0.3, -0.25) is 9.69 Å². The summed E-state index contributed by atoms with van der Waals surface area (Å²) >= 11 is 0. The largest absolute Gasteiger partial charge is 0.324 e. The number of hydrogen-bond donors (Lipinski definition) is 2. The van der Waals surface area contributed by atoms with E-state index in [-0.39, 0.29) is 18.3 Å². The van der Waals surface area contributed by atoms with Gasteiger partial charge in [-0.15, -0.1) is 12.4 Å². The molecule has 0 bridgehead atoms. The summed E-state index contributed by atoms with van der Waals surface area (Å²) < 4.78 is 0. The SMILES string of the molecule is Cc1cc(C)c(NC(=O)CN(C)C2CCCNCC2)c(C)c1.Cl. The molecule has 2 N–H and O–H groups in total. The summed E-state index contributed by atoms with van der Waals surface area (Å²) in [7, 11) is 2.06. The minimum absolute atomic E-state index is 0. The van der Waals surface area contributed by atoms with E-state index in [4.69, 9.17) is 0 Å². The van der Waals surface area contributed by atoms with Crippen molar-refractivity contribution in [3.05, 3.63) is 28.8 Å². The molecular formula is C18H30ClN3O. The lowest BCUT2D eigenvalue weighted by molar-refractivity contribution is -0.117. The third kappa shape index (κ3) is 5.79. The summed E-state index contributed by atoms with van der Waals surface area (Å²) in [6.45, 7) is 8.79. The Kier molecular flexibility index (Phi) is 8.03. The summed E-state index contributed by atoms with van der Waals surface area (Å²) in [5.41, 5.74) is 4.46. The van der Waals surface area contributed by atoms with E-state index in [2.05, 4.69) is 55.5 Å². The summed E-state index contributed by atoms with van der Waals surface area (Å²) in [4.78, 5) is 14.6. The van der Waals surface area contributed by atoms with E-state index in [1.54, 1.807) is 0 Å². The molecule has 1 heterocycles. The van der Waals surface area contributed by atoms with Crippen LogP contribution in [-0.2, 0) is 4.79 Å². The maximum absolute atomic E-state index is 12.4. The lowest BCUT2D eigenvalue weighted by Gasteiger charge is -2.26. The maximum atomic E-state index is 12.4. The van der Waals surface area contributed by atoms with Gasteiger partial charge in [0.2, 0.25) is 5.91 Å². The number of hydrogen-bond acceptors (Lipinski definition) is 3. The van der Waals surface area contributed by atoms with Crippen LogP contribution in [0, 0.1) is 20.8 Å². The van der Waals surface area contributed by atoms with Gasteiger partial charge in [0.05, 0.1) is 6.54 Å². The van der Waals surface area contributed by atoms with E-state index >= 15 is 0 Å². The molecule has 0 radical (unpaired) electrons. The molecule has 1 aliphatic heterocycles. The highest BCUT2D eigenvalue weighted by Crippen LogP contribution is 2.22. The van der Waals surface area contributed by atoms with Crippen LogP contribution in [0.1, 0.15) is 36.0 Å². The lowest BCUT2D eigenvalue weighted by atomic mass is 10.0. The first-order chi connectivity index (χ1) is 10.5. The van der Waals surface area contributed by atoms with E-state index in [1.165, 1.54) is 18.4 Å². The van der Waals surface area contributed by atoms with E-state index in [0.29, 0.717) is 12.6 Å². The molecule has 130 valence electrons. The molecule has 1 aromatic rings. The number of likely N-dealkylation sites (N-methyl/N-ethyl adjacent to an activating group) is 1. The van der Waals surface area contributed by atoms with Crippen molar-refractivity contribution >= 4 is 24.0 Å². The molecule has 4 nitrogen and oxygen atoms in total. The Bertz CT molecular complexity index is 502. The number of aryl methyl sites for hydroxylation is 3. The van der Waals surface area contributed by atoms with Crippen LogP contribution in [0.4, 0.5) is 5.69 Å². The van der Waals surface area contributed by atoms with E-state index < -0.39 is 0 Å². The Labute approximate surface area is 146 Å². The van der Waals surface area contributed by atoms with Gasteiger partial charge in [0, 0.05) is 11.7 Å². The normalized spacial score (nSPS) is 18.2. The molecule has 1 aliphatic rings. The molecule has 0 saturated carbocycles. The zero-order chi connectivity index (χ0) is 16.1. The van der Waals surface area contributed by atoms with Crippen molar-refractivity contribution in [2.75, 3.05) is 32.0 Å². The zero-order valence-electron chi connectivity index (χ0n) is 14.7. The van der Waals surface area contributed by atoms with E-state index in [1.807, 2.05) is 0 Å². The van der Waals surface area contributed by atoms with Crippen molar-refractivity contribution < 1.29 is 4.79 Å². The average molecular weight is 340 g/mol. The second-order valence-corrected chi connectivity index (χ2v) is 6.57. The lowest BCUT2D eigenvalue weighted by Crippen LogP contribution is -2.38. The summed E-state index contributed by atoms with van der Waals surface area (Å²) in [6.07, 6.45) is 3.47. The second-order valence-electron chi connectivity index (χ2n) is 6.57. The van der Waals surface area contributed by atoms with Gasteiger partial charge in [0.15, 0.2) is 0 Å². The van der Waals surface area contributed by atoms with E-state index in [0.717, 1.165) is 36.3 Å². The van der Waals surface area contributed by atoms with Crippen LogP contribution in [0.2, 0.25) is 0 Å². The Balaban J connectivity index is 0.00000264. The Morgan fingerprint density at radius 2 is 1.87 bits per heavy atom. The second kappa shape index (κ2) is 9.26. The van der Waals surface area contributed by atoms with Crippen LogP contribution < -0.4 is 10.6 Å². The molecule has 23 heavy (non-hydrogen) atoms. The predicted molar refractivity (Wildman–Crippen MR) is 99.7 cm³/mol. The third-order valence-corrected chi connectivity index (χ3v) is 4.50. The monoisotopic (exact) mass is 339 g/mol. The molecule has 1 unspecified atom stereocenters. The highest BCUT2D eigenvalue weighted by atomic mass is 35.5. The maximum Gasteiger partial charge on any atom is 0.238 e. The third-order valence-electron chi connectivity index (χ3n) is 4.50. The Morgan fingerprint density at radius 1 is 1.22 bits per heavy atom. The summed E-state index contributed by atoms with van der Waals surface area (Å²) in [6, 6.07) is 4.73. The average Bonchev–Trinajstić information content (AvgIpc) is 2.71. The number of nitrogens with one attached hydrogen (secondary N) is 2. The van der Waals surface area contributed by atoms with Crippen LogP contribution in [0.15, 0.2) is 12.1 Å². The van der Waals surface area contributed by atoms with Crippen molar-refractivity contribution in [3.63, 3.8) is 0 Å². The molecule has 1 fully saturated rings. The fourth-order valence-electron chi connectivity index (χ4n) is 3.35. The summed E-state index contributed by atoms with van der Waals surface area (Å²) in [5.74, 6) is 0.0785. The van der Waals surface area contributed by atoms with Crippen molar-refractivity contribution in [2.45, 2.75) is 46.1 Å². The molecule has 1 amide bonds. The minimum Gasteiger partial charge on any atom is -0.324 e. The van der Waals surface area contributed by atoms with Crippen LogP contribution in [0.5, 0.6) is 0 Å². The van der Waals surface area contributed by atoms with Gasteiger partial charge in [-0.2, -0.15) is 0 Å². The number of halogens is 1. The van der Waals surface area contributed by atoms with Crippen molar-refractivity contribution in [3.8, 4) is 0 Å². The van der Waals surface area contributed by atoms with Crippen LogP contribution in [0.25, 0.3) is 0 Å². The van der Waals surface area contributed by atoms with Gasteiger partial charge in [0.1, 0.15) is 0 Å². The molecule has 1 atom stereocenters. The number of benzene rings is 1. The van der Waals surface area contributed by atoms with Gasteiger partial charge >= 0.3 is 0 Å². The van der Waals surface area contributed by atoms with Gasteiger partial charge in [0.25, 0.3) is 0 Å². The quantitative estimate of drug-likeness (QED) is 0.886. The molecule has 5 heteroatoms. The molecule has 1 aromatic carbocycles. The van der Waals surface area contributed by atoms with Crippen LogP contribution in [0.3, 0.4) is 0 Å². The van der Waals surface area contributed by atoms with Crippen molar-refractivity contribution in [1.29, 1.82) is 0 Å². The zero-order valence-corrected chi connectivity index (χ0v) is 15.6. The first-order valence-electron chi connectivity index (χ1n) is 8.26. The fourth-order valence-corrected chi connectivity index (χ4v) is 3.35. The highest BCUT2D eigenvalue weighted by molar-refractivity contribution is 5.93. The number of rotatable bonds is 4.